The molecule has 0 saturated heterocycles. The molecule has 2 aromatic heterocycles. The van der Waals surface area contributed by atoms with Crippen molar-refractivity contribution < 1.29 is 4.79 Å². The normalized spacial score (nSPS) is 12.5. The third-order valence-electron chi connectivity index (χ3n) is 3.36. The van der Waals surface area contributed by atoms with Gasteiger partial charge in [0, 0.05) is 35.0 Å². The zero-order valence-electron chi connectivity index (χ0n) is 14.9. The number of anilines is 1. The number of guanidine groups is 1. The number of rotatable bonds is 7. The topological polar surface area (TPSA) is 78.4 Å². The smallest absolute Gasteiger partial charge is 0.246 e. The molecule has 25 heavy (non-hydrogen) atoms. The third kappa shape index (κ3) is 6.93. The molecule has 0 aliphatic rings. The maximum absolute atomic E-state index is 12.0. The second kappa shape index (κ2) is 9.78. The molecule has 1 atom stereocenters. The van der Waals surface area contributed by atoms with Gasteiger partial charge in [-0.05, 0) is 45.0 Å². The predicted octanol–water partition coefficient (Wildman–Crippen LogP) is 2.58. The quantitative estimate of drug-likeness (QED) is 0.524. The average Bonchev–Trinajstić information content (AvgIpc) is 2.98. The molecule has 0 saturated carbocycles. The first-order valence-corrected chi connectivity index (χ1v) is 9.18. The summed E-state index contributed by atoms with van der Waals surface area (Å²) in [7, 11) is 0. The van der Waals surface area contributed by atoms with Crippen molar-refractivity contribution in [3.05, 3.63) is 46.4 Å². The first kappa shape index (κ1) is 18.9. The van der Waals surface area contributed by atoms with Gasteiger partial charge in [-0.15, -0.1) is 11.3 Å². The Morgan fingerprint density at radius 2 is 2.20 bits per heavy atom. The first-order chi connectivity index (χ1) is 12.1. The lowest BCUT2D eigenvalue weighted by Gasteiger charge is -2.17. The van der Waals surface area contributed by atoms with Crippen LogP contribution in [-0.4, -0.2) is 36.0 Å². The highest BCUT2D eigenvalue weighted by Gasteiger charge is 2.09. The standard InChI is InChI=1S/C18H25N5OS/c1-4-20-18(22-13(2)10-16-8-7-14(3)25-16)21-12-17(24)23-15-6-5-9-19-11-15/h5-9,11,13H,4,10,12H2,1-3H3,(H,23,24)(H2,20,21,22). The Bertz CT molecular complexity index is 699. The van der Waals surface area contributed by atoms with Gasteiger partial charge in [-0.3, -0.25) is 9.78 Å². The molecule has 2 rings (SSSR count). The van der Waals surface area contributed by atoms with Gasteiger partial charge in [0.15, 0.2) is 5.96 Å². The number of thiophene rings is 1. The van der Waals surface area contributed by atoms with Crippen molar-refractivity contribution in [2.24, 2.45) is 4.99 Å². The van der Waals surface area contributed by atoms with Crippen molar-refractivity contribution in [3.8, 4) is 0 Å². The van der Waals surface area contributed by atoms with Crippen LogP contribution in [0.5, 0.6) is 0 Å². The largest absolute Gasteiger partial charge is 0.357 e. The summed E-state index contributed by atoms with van der Waals surface area (Å²) < 4.78 is 0. The van der Waals surface area contributed by atoms with Crippen molar-refractivity contribution in [1.29, 1.82) is 0 Å². The molecule has 2 aromatic rings. The maximum atomic E-state index is 12.0. The van der Waals surface area contributed by atoms with E-state index in [0.717, 1.165) is 13.0 Å². The van der Waals surface area contributed by atoms with Crippen molar-refractivity contribution in [1.82, 2.24) is 15.6 Å². The Morgan fingerprint density at radius 1 is 1.36 bits per heavy atom. The minimum Gasteiger partial charge on any atom is -0.357 e. The van der Waals surface area contributed by atoms with Crippen LogP contribution in [0.2, 0.25) is 0 Å². The summed E-state index contributed by atoms with van der Waals surface area (Å²) in [4.78, 5) is 23.0. The van der Waals surface area contributed by atoms with E-state index in [4.69, 9.17) is 0 Å². The molecule has 0 bridgehead atoms. The minimum absolute atomic E-state index is 0.0507. The number of nitrogens with zero attached hydrogens (tertiary/aromatic N) is 2. The van der Waals surface area contributed by atoms with Gasteiger partial charge in [-0.1, -0.05) is 0 Å². The molecule has 0 aromatic carbocycles. The van der Waals surface area contributed by atoms with Crippen LogP contribution in [0.4, 0.5) is 5.69 Å². The zero-order valence-corrected chi connectivity index (χ0v) is 15.7. The fourth-order valence-electron chi connectivity index (χ4n) is 2.29. The van der Waals surface area contributed by atoms with Crippen molar-refractivity contribution in [2.45, 2.75) is 33.2 Å². The number of hydrogen-bond acceptors (Lipinski definition) is 4. The van der Waals surface area contributed by atoms with E-state index < -0.39 is 0 Å². The van der Waals surface area contributed by atoms with Crippen LogP contribution in [0.3, 0.4) is 0 Å². The first-order valence-electron chi connectivity index (χ1n) is 8.37. The van der Waals surface area contributed by atoms with E-state index >= 15 is 0 Å². The van der Waals surface area contributed by atoms with Crippen LogP contribution in [0.1, 0.15) is 23.6 Å². The van der Waals surface area contributed by atoms with Crippen LogP contribution in [0.25, 0.3) is 0 Å². The van der Waals surface area contributed by atoms with E-state index in [1.165, 1.54) is 9.75 Å². The Balaban J connectivity index is 1.87. The third-order valence-corrected chi connectivity index (χ3v) is 4.38. The highest BCUT2D eigenvalue weighted by molar-refractivity contribution is 7.11. The Morgan fingerprint density at radius 3 is 2.84 bits per heavy atom. The Labute approximate surface area is 152 Å². The molecule has 3 N–H and O–H groups in total. The summed E-state index contributed by atoms with van der Waals surface area (Å²) in [6.45, 7) is 7.01. The molecule has 2 heterocycles. The van der Waals surface area contributed by atoms with Gasteiger partial charge < -0.3 is 16.0 Å². The highest BCUT2D eigenvalue weighted by Crippen LogP contribution is 2.16. The van der Waals surface area contributed by atoms with E-state index in [2.05, 4.69) is 51.9 Å². The summed E-state index contributed by atoms with van der Waals surface area (Å²) >= 11 is 1.81. The SMILES string of the molecule is CCNC(=NCC(=O)Nc1cccnc1)NC(C)Cc1ccc(C)s1. The predicted molar refractivity (Wildman–Crippen MR) is 104 cm³/mol. The highest BCUT2D eigenvalue weighted by atomic mass is 32.1. The molecule has 0 radical (unpaired) electrons. The lowest BCUT2D eigenvalue weighted by atomic mass is 10.2. The molecular weight excluding hydrogens is 334 g/mol. The fraction of sp³-hybridized carbons (Fsp3) is 0.389. The number of pyridine rings is 1. The number of carbonyl (C=O) groups excluding carboxylic acids is 1. The van der Waals surface area contributed by atoms with Crippen LogP contribution in [-0.2, 0) is 11.2 Å². The van der Waals surface area contributed by atoms with Gasteiger partial charge in [0.2, 0.25) is 5.91 Å². The average molecular weight is 359 g/mol. The molecule has 0 spiro atoms. The summed E-state index contributed by atoms with van der Waals surface area (Å²) in [6.07, 6.45) is 4.19. The number of carbonyl (C=O) groups is 1. The van der Waals surface area contributed by atoms with E-state index in [1.54, 1.807) is 35.9 Å². The number of nitrogens with one attached hydrogen (secondary N) is 3. The van der Waals surface area contributed by atoms with Crippen LogP contribution >= 0.6 is 11.3 Å². The lowest BCUT2D eigenvalue weighted by Crippen LogP contribution is -2.43. The summed E-state index contributed by atoms with van der Waals surface area (Å²) in [5, 5.41) is 9.29. The maximum Gasteiger partial charge on any atom is 0.246 e. The van der Waals surface area contributed by atoms with Crippen molar-refractivity contribution >= 4 is 28.9 Å². The van der Waals surface area contributed by atoms with Crippen molar-refractivity contribution in [3.63, 3.8) is 0 Å². The minimum atomic E-state index is -0.174. The molecule has 0 aliphatic carbocycles. The zero-order chi connectivity index (χ0) is 18.1. The van der Waals surface area contributed by atoms with E-state index in [1.807, 2.05) is 6.92 Å². The van der Waals surface area contributed by atoms with Crippen LogP contribution < -0.4 is 16.0 Å². The van der Waals surface area contributed by atoms with Gasteiger partial charge in [0.1, 0.15) is 6.54 Å². The number of amides is 1. The van der Waals surface area contributed by atoms with Gasteiger partial charge in [-0.25, -0.2) is 4.99 Å². The number of aliphatic imine (C=N–C) groups is 1. The second-order valence-electron chi connectivity index (χ2n) is 5.75. The molecule has 1 amide bonds. The lowest BCUT2D eigenvalue weighted by molar-refractivity contribution is -0.114. The van der Waals surface area contributed by atoms with Crippen LogP contribution in [0, 0.1) is 6.92 Å². The van der Waals surface area contributed by atoms with Gasteiger partial charge >= 0.3 is 0 Å². The van der Waals surface area contributed by atoms with Gasteiger partial charge in [-0.2, -0.15) is 0 Å². The van der Waals surface area contributed by atoms with E-state index in [0.29, 0.717) is 11.6 Å². The van der Waals surface area contributed by atoms with Crippen LogP contribution in [0.15, 0.2) is 41.7 Å². The van der Waals surface area contributed by atoms with Gasteiger partial charge in [0.25, 0.3) is 0 Å². The Kier molecular flexibility index (Phi) is 7.40. The Hall–Kier alpha value is -2.41. The molecule has 1 unspecified atom stereocenters. The fourth-order valence-corrected chi connectivity index (χ4v) is 3.31. The van der Waals surface area contributed by atoms with E-state index in [-0.39, 0.29) is 18.5 Å². The molecular formula is C18H25N5OS. The van der Waals surface area contributed by atoms with Crippen molar-refractivity contribution in [2.75, 3.05) is 18.4 Å². The number of aryl methyl sites for hydroxylation is 1. The molecule has 0 fully saturated rings. The van der Waals surface area contributed by atoms with E-state index in [9.17, 15) is 4.79 Å². The summed E-state index contributed by atoms with van der Waals surface area (Å²) in [6, 6.07) is 8.08. The number of aromatic nitrogens is 1. The van der Waals surface area contributed by atoms with Gasteiger partial charge in [0.05, 0.1) is 11.9 Å². The summed E-state index contributed by atoms with van der Waals surface area (Å²) in [5.74, 6) is 0.469. The molecule has 134 valence electrons. The molecule has 0 aliphatic heterocycles. The molecule has 6 nitrogen and oxygen atoms in total. The second-order valence-corrected chi connectivity index (χ2v) is 7.12. The summed E-state index contributed by atoms with van der Waals surface area (Å²) in [5.41, 5.74) is 0.669. The molecule has 7 heteroatoms. The number of hydrogen-bond donors (Lipinski definition) is 3. The monoisotopic (exact) mass is 359 g/mol.